The van der Waals surface area contributed by atoms with Gasteiger partial charge in [0, 0.05) is 26.1 Å². The summed E-state index contributed by atoms with van der Waals surface area (Å²) in [5.41, 5.74) is 0. The summed E-state index contributed by atoms with van der Waals surface area (Å²) < 4.78 is 32.1. The van der Waals surface area contributed by atoms with Gasteiger partial charge in [-0.1, -0.05) is 6.92 Å². The minimum Gasteiger partial charge on any atom is -0.383 e. The summed E-state index contributed by atoms with van der Waals surface area (Å²) >= 11 is 0. The third kappa shape index (κ3) is 3.21. The molecule has 1 aliphatic rings. The first-order chi connectivity index (χ1) is 9.50. The normalized spacial score (nSPS) is 17.6. The van der Waals surface area contributed by atoms with Crippen molar-refractivity contribution in [1.29, 1.82) is 0 Å². The van der Waals surface area contributed by atoms with Gasteiger partial charge in [-0.25, -0.2) is 13.4 Å². The summed E-state index contributed by atoms with van der Waals surface area (Å²) in [6.07, 6.45) is 4.30. The van der Waals surface area contributed by atoms with Gasteiger partial charge in [0.15, 0.2) is 5.03 Å². The van der Waals surface area contributed by atoms with E-state index in [1.165, 1.54) is 6.20 Å². The zero-order chi connectivity index (χ0) is 14.8. The van der Waals surface area contributed by atoms with Gasteiger partial charge >= 0.3 is 0 Å². The molecule has 0 aliphatic heterocycles. The first-order valence-corrected chi connectivity index (χ1v) is 8.49. The summed E-state index contributed by atoms with van der Waals surface area (Å²) in [6.45, 7) is 4.68. The lowest BCUT2D eigenvalue weighted by Crippen LogP contribution is -2.42. The molecular weight excluding hydrogens is 278 g/mol. The lowest BCUT2D eigenvalue weighted by molar-refractivity contribution is 0.164. The summed E-state index contributed by atoms with van der Waals surface area (Å²) in [6, 6.07) is 0.00327. The van der Waals surface area contributed by atoms with Crippen molar-refractivity contribution >= 4 is 10.0 Å². The molecule has 6 nitrogen and oxygen atoms in total. The van der Waals surface area contributed by atoms with E-state index in [-0.39, 0.29) is 11.1 Å². The molecule has 7 heteroatoms. The van der Waals surface area contributed by atoms with Crippen LogP contribution in [0.2, 0.25) is 0 Å². The van der Waals surface area contributed by atoms with Crippen molar-refractivity contribution in [3.63, 3.8) is 0 Å². The van der Waals surface area contributed by atoms with Crippen LogP contribution in [0, 0.1) is 5.92 Å². The van der Waals surface area contributed by atoms with E-state index in [9.17, 15) is 8.42 Å². The molecule has 1 atom stereocenters. The SMILES string of the molecule is CCc1ncc(S(=O)(=O)N(CCOC)C(C)C2CC2)[nH]1. The van der Waals surface area contributed by atoms with E-state index in [1.54, 1.807) is 11.4 Å². The van der Waals surface area contributed by atoms with Crippen LogP contribution in [-0.4, -0.2) is 49.0 Å². The predicted octanol–water partition coefficient (Wildman–Crippen LogP) is 1.41. The van der Waals surface area contributed by atoms with E-state index >= 15 is 0 Å². The largest absolute Gasteiger partial charge is 0.383 e. The number of nitrogens with one attached hydrogen (secondary N) is 1. The van der Waals surface area contributed by atoms with Crippen LogP contribution in [0.25, 0.3) is 0 Å². The lowest BCUT2D eigenvalue weighted by Gasteiger charge is -2.27. The second-order valence-electron chi connectivity index (χ2n) is 5.23. The number of H-pyrrole nitrogens is 1. The summed E-state index contributed by atoms with van der Waals surface area (Å²) in [5, 5.41) is 0.179. The van der Waals surface area contributed by atoms with E-state index in [0.29, 0.717) is 31.3 Å². The Hall–Kier alpha value is -0.920. The van der Waals surface area contributed by atoms with Crippen molar-refractivity contribution in [3.05, 3.63) is 12.0 Å². The van der Waals surface area contributed by atoms with Gasteiger partial charge in [-0.05, 0) is 25.7 Å². The van der Waals surface area contributed by atoms with Crippen molar-refractivity contribution in [2.75, 3.05) is 20.3 Å². The van der Waals surface area contributed by atoms with Crippen LogP contribution >= 0.6 is 0 Å². The fourth-order valence-corrected chi connectivity index (χ4v) is 3.93. The zero-order valence-electron chi connectivity index (χ0n) is 12.3. The second kappa shape index (κ2) is 6.24. The highest BCUT2D eigenvalue weighted by Gasteiger charge is 2.38. The minimum atomic E-state index is -3.53. The topological polar surface area (TPSA) is 75.3 Å². The molecule has 20 heavy (non-hydrogen) atoms. The van der Waals surface area contributed by atoms with E-state index in [2.05, 4.69) is 9.97 Å². The van der Waals surface area contributed by atoms with Gasteiger partial charge in [-0.2, -0.15) is 4.31 Å². The Labute approximate surface area is 120 Å². The number of hydrogen-bond donors (Lipinski definition) is 1. The molecule has 1 fully saturated rings. The molecule has 1 aliphatic carbocycles. The standard InChI is InChI=1S/C13H23N3O3S/c1-4-12-14-9-13(15-12)20(17,18)16(7-8-19-3)10(2)11-5-6-11/h9-11H,4-8H2,1-3H3,(H,14,15). The average Bonchev–Trinajstić information content (AvgIpc) is 3.15. The van der Waals surface area contributed by atoms with Gasteiger partial charge in [-0.15, -0.1) is 0 Å². The third-order valence-electron chi connectivity index (χ3n) is 3.80. The van der Waals surface area contributed by atoms with Crippen LogP contribution in [0.1, 0.15) is 32.5 Å². The van der Waals surface area contributed by atoms with E-state index < -0.39 is 10.0 Å². The van der Waals surface area contributed by atoms with E-state index in [4.69, 9.17) is 4.74 Å². The molecule has 0 spiro atoms. The van der Waals surface area contributed by atoms with Crippen LogP contribution in [0.3, 0.4) is 0 Å². The summed E-state index contributed by atoms with van der Waals surface area (Å²) in [5.74, 6) is 1.16. The molecule has 114 valence electrons. The molecule has 0 amide bonds. The third-order valence-corrected chi connectivity index (χ3v) is 5.70. The maximum absolute atomic E-state index is 12.7. The molecule has 1 N–H and O–H groups in total. The summed E-state index contributed by atoms with van der Waals surface area (Å²) in [4.78, 5) is 6.98. The Morgan fingerprint density at radius 2 is 2.25 bits per heavy atom. The number of nitrogens with zero attached hydrogens (tertiary/aromatic N) is 2. The molecule has 1 heterocycles. The number of imidazole rings is 1. The Balaban J connectivity index is 2.24. The molecule has 0 radical (unpaired) electrons. The van der Waals surface area contributed by atoms with Gasteiger partial charge in [-0.3, -0.25) is 0 Å². The van der Waals surface area contributed by atoms with Gasteiger partial charge < -0.3 is 9.72 Å². The van der Waals surface area contributed by atoms with Crippen molar-refractivity contribution in [2.45, 2.75) is 44.2 Å². The highest BCUT2D eigenvalue weighted by Crippen LogP contribution is 2.36. The fourth-order valence-electron chi connectivity index (χ4n) is 2.32. The smallest absolute Gasteiger partial charge is 0.260 e. The maximum Gasteiger partial charge on any atom is 0.260 e. The number of ether oxygens (including phenoxy) is 1. The highest BCUT2D eigenvalue weighted by atomic mass is 32.2. The van der Waals surface area contributed by atoms with Crippen molar-refractivity contribution in [2.24, 2.45) is 5.92 Å². The van der Waals surface area contributed by atoms with Gasteiger partial charge in [0.1, 0.15) is 5.82 Å². The molecule has 1 unspecified atom stereocenters. The molecular formula is C13H23N3O3S. The van der Waals surface area contributed by atoms with Crippen LogP contribution in [0.5, 0.6) is 0 Å². The highest BCUT2D eigenvalue weighted by molar-refractivity contribution is 7.89. The summed E-state index contributed by atoms with van der Waals surface area (Å²) in [7, 11) is -1.95. The van der Waals surface area contributed by atoms with Crippen molar-refractivity contribution < 1.29 is 13.2 Å². The molecule has 2 rings (SSSR count). The van der Waals surface area contributed by atoms with E-state index in [1.807, 2.05) is 13.8 Å². The maximum atomic E-state index is 12.7. The monoisotopic (exact) mass is 301 g/mol. The molecule has 0 bridgehead atoms. The Morgan fingerprint density at radius 3 is 2.75 bits per heavy atom. The first kappa shape index (κ1) is 15.5. The van der Waals surface area contributed by atoms with Gasteiger partial charge in [0.25, 0.3) is 10.0 Å². The number of sulfonamides is 1. The quantitative estimate of drug-likeness (QED) is 0.787. The van der Waals surface area contributed by atoms with Crippen molar-refractivity contribution in [3.8, 4) is 0 Å². The Morgan fingerprint density at radius 1 is 1.55 bits per heavy atom. The van der Waals surface area contributed by atoms with Crippen LogP contribution < -0.4 is 0 Å². The molecule has 0 saturated heterocycles. The van der Waals surface area contributed by atoms with Crippen LogP contribution in [0.4, 0.5) is 0 Å². The molecule has 0 aromatic carbocycles. The fraction of sp³-hybridized carbons (Fsp3) is 0.769. The van der Waals surface area contributed by atoms with Crippen LogP contribution in [-0.2, 0) is 21.2 Å². The number of aromatic nitrogens is 2. The number of aryl methyl sites for hydroxylation is 1. The van der Waals surface area contributed by atoms with Gasteiger partial charge in [0.05, 0.1) is 12.8 Å². The van der Waals surface area contributed by atoms with Gasteiger partial charge in [0.2, 0.25) is 0 Å². The molecule has 1 saturated carbocycles. The Bertz CT molecular complexity index is 537. The first-order valence-electron chi connectivity index (χ1n) is 7.05. The lowest BCUT2D eigenvalue weighted by atomic mass is 10.2. The molecule has 1 aromatic rings. The Kier molecular flexibility index (Phi) is 4.82. The zero-order valence-corrected chi connectivity index (χ0v) is 13.1. The van der Waals surface area contributed by atoms with Crippen molar-refractivity contribution in [1.82, 2.24) is 14.3 Å². The van der Waals surface area contributed by atoms with E-state index in [0.717, 1.165) is 12.8 Å². The number of hydrogen-bond acceptors (Lipinski definition) is 4. The number of methoxy groups -OCH3 is 1. The number of rotatable bonds is 8. The number of aromatic amines is 1. The molecule has 1 aromatic heterocycles. The minimum absolute atomic E-state index is 0.00327. The second-order valence-corrected chi connectivity index (χ2v) is 7.09. The average molecular weight is 301 g/mol. The van der Waals surface area contributed by atoms with Crippen LogP contribution in [0.15, 0.2) is 11.2 Å². The predicted molar refractivity (Wildman–Crippen MR) is 75.9 cm³/mol.